The summed E-state index contributed by atoms with van der Waals surface area (Å²) < 4.78 is 12.1. The van der Waals surface area contributed by atoms with Gasteiger partial charge in [-0.15, -0.1) is 0 Å². The third kappa shape index (κ3) is 4.43. The molecule has 5 rings (SSSR count). The molecule has 5 heteroatoms. The van der Waals surface area contributed by atoms with Gasteiger partial charge in [-0.1, -0.05) is 30.3 Å². The number of carbonyl (C=O) groups is 1. The van der Waals surface area contributed by atoms with Gasteiger partial charge in [0.25, 0.3) is 0 Å². The first-order valence-electron chi connectivity index (χ1n) is 12.1. The molecule has 0 saturated heterocycles. The number of amides is 1. The zero-order valence-electron chi connectivity index (χ0n) is 21.3. The predicted molar refractivity (Wildman–Crippen MR) is 141 cm³/mol. The molecule has 2 aliphatic rings. The monoisotopic (exact) mass is 468 g/mol. The van der Waals surface area contributed by atoms with Crippen LogP contribution in [0.15, 0.2) is 59.6 Å². The van der Waals surface area contributed by atoms with Crippen molar-refractivity contribution < 1.29 is 14.3 Å². The Kier molecular flexibility index (Phi) is 5.47. The number of nitrogens with one attached hydrogen (secondary N) is 1. The highest BCUT2D eigenvalue weighted by Gasteiger charge is 2.39. The van der Waals surface area contributed by atoms with E-state index in [-0.39, 0.29) is 17.0 Å². The van der Waals surface area contributed by atoms with Crippen LogP contribution in [0.4, 0.5) is 5.69 Å². The number of anilines is 1. The quantitative estimate of drug-likeness (QED) is 0.495. The van der Waals surface area contributed by atoms with Crippen molar-refractivity contribution in [1.82, 2.24) is 0 Å². The minimum absolute atomic E-state index is 0.0762. The summed E-state index contributed by atoms with van der Waals surface area (Å²) in [5.41, 5.74) is 8.17. The maximum Gasteiger partial charge on any atom is 0.221 e. The molecule has 0 atom stereocenters. The van der Waals surface area contributed by atoms with Crippen molar-refractivity contribution in [2.24, 2.45) is 4.99 Å². The second kappa shape index (κ2) is 8.26. The fourth-order valence-electron chi connectivity index (χ4n) is 5.23. The Morgan fingerprint density at radius 1 is 0.971 bits per heavy atom. The van der Waals surface area contributed by atoms with Crippen molar-refractivity contribution in [2.75, 3.05) is 12.4 Å². The molecule has 0 saturated carbocycles. The van der Waals surface area contributed by atoms with Crippen LogP contribution in [0.2, 0.25) is 0 Å². The van der Waals surface area contributed by atoms with Gasteiger partial charge in [0.1, 0.15) is 5.60 Å². The molecule has 3 aromatic carbocycles. The van der Waals surface area contributed by atoms with Gasteiger partial charge < -0.3 is 14.8 Å². The maximum absolute atomic E-state index is 11.4. The molecule has 1 amide bonds. The van der Waals surface area contributed by atoms with E-state index in [1.165, 1.54) is 23.6 Å². The first-order chi connectivity index (χ1) is 16.5. The van der Waals surface area contributed by atoms with Gasteiger partial charge in [0.15, 0.2) is 11.5 Å². The van der Waals surface area contributed by atoms with E-state index in [2.05, 4.69) is 63.3 Å². The summed E-state index contributed by atoms with van der Waals surface area (Å²) in [5.74, 6) is 1.57. The molecule has 180 valence electrons. The van der Waals surface area contributed by atoms with Gasteiger partial charge in [-0.3, -0.25) is 9.79 Å². The standard InChI is InChI=1S/C30H32N2O3/c1-18(33)31-23-12-10-19(11-13-23)20-8-7-9-21(14-20)27-26-22(16-29(2,3)32-27)15-25(34-6)28-24(26)17-30(4,5)35-28/h7-15H,16-17H2,1-6H3,(H,31,33). The van der Waals surface area contributed by atoms with Crippen molar-refractivity contribution in [3.05, 3.63) is 76.9 Å². The SMILES string of the molecule is COc1cc2c(c3c1OC(C)(C)C3)C(c1cccc(-c3ccc(NC(C)=O)cc3)c1)=NC(C)(C)C2. The highest BCUT2D eigenvalue weighted by atomic mass is 16.5. The van der Waals surface area contributed by atoms with Crippen molar-refractivity contribution in [3.63, 3.8) is 0 Å². The van der Waals surface area contributed by atoms with Crippen LogP contribution >= 0.6 is 0 Å². The number of rotatable bonds is 4. The molecule has 35 heavy (non-hydrogen) atoms. The molecule has 2 aliphatic heterocycles. The number of nitrogens with zero attached hydrogens (tertiary/aromatic N) is 1. The van der Waals surface area contributed by atoms with E-state index in [0.717, 1.165) is 52.4 Å². The van der Waals surface area contributed by atoms with Gasteiger partial charge >= 0.3 is 0 Å². The van der Waals surface area contributed by atoms with Gasteiger partial charge in [0, 0.05) is 35.7 Å². The summed E-state index contributed by atoms with van der Waals surface area (Å²) >= 11 is 0. The summed E-state index contributed by atoms with van der Waals surface area (Å²) in [6, 6.07) is 18.6. The second-order valence-electron chi connectivity index (χ2n) is 10.7. The lowest BCUT2D eigenvalue weighted by Gasteiger charge is -2.31. The Hall–Kier alpha value is -3.60. The van der Waals surface area contributed by atoms with E-state index in [1.54, 1.807) is 7.11 Å². The Bertz CT molecular complexity index is 1350. The number of methoxy groups -OCH3 is 1. The van der Waals surface area contributed by atoms with Crippen LogP contribution in [-0.2, 0) is 17.6 Å². The first-order valence-corrected chi connectivity index (χ1v) is 12.1. The van der Waals surface area contributed by atoms with Gasteiger partial charge in [-0.05, 0) is 75.1 Å². The summed E-state index contributed by atoms with van der Waals surface area (Å²) in [6.45, 7) is 10.1. The highest BCUT2D eigenvalue weighted by Crippen LogP contribution is 2.48. The molecule has 0 bridgehead atoms. The molecule has 3 aromatic rings. The van der Waals surface area contributed by atoms with Crippen molar-refractivity contribution >= 4 is 17.3 Å². The van der Waals surface area contributed by atoms with Crippen LogP contribution in [-0.4, -0.2) is 29.9 Å². The number of benzene rings is 3. The zero-order valence-corrected chi connectivity index (χ0v) is 21.3. The molecule has 0 fully saturated rings. The second-order valence-corrected chi connectivity index (χ2v) is 10.7. The van der Waals surface area contributed by atoms with Gasteiger partial charge in [0.2, 0.25) is 5.91 Å². The zero-order chi connectivity index (χ0) is 25.0. The minimum atomic E-state index is -0.291. The molecule has 1 N–H and O–H groups in total. The van der Waals surface area contributed by atoms with Crippen LogP contribution in [0.25, 0.3) is 11.1 Å². The Morgan fingerprint density at radius 2 is 1.69 bits per heavy atom. The Balaban J connectivity index is 1.62. The average molecular weight is 469 g/mol. The maximum atomic E-state index is 11.4. The van der Waals surface area contributed by atoms with E-state index in [9.17, 15) is 4.79 Å². The molecule has 0 spiro atoms. The Morgan fingerprint density at radius 3 is 2.37 bits per heavy atom. The van der Waals surface area contributed by atoms with Crippen molar-refractivity contribution in [2.45, 2.75) is 58.6 Å². The topological polar surface area (TPSA) is 59.9 Å². The molecule has 5 nitrogen and oxygen atoms in total. The number of fused-ring (bicyclic) bond motifs is 3. The van der Waals surface area contributed by atoms with Crippen LogP contribution in [0.3, 0.4) is 0 Å². The number of hydrogen-bond acceptors (Lipinski definition) is 4. The fraction of sp³-hybridized carbons (Fsp3) is 0.333. The molecule has 0 aromatic heterocycles. The first kappa shape index (κ1) is 23.2. The molecular formula is C30H32N2O3. The van der Waals surface area contributed by atoms with E-state index in [1.807, 2.05) is 24.3 Å². The molecular weight excluding hydrogens is 436 g/mol. The third-order valence-corrected chi connectivity index (χ3v) is 6.58. The van der Waals surface area contributed by atoms with Gasteiger partial charge in [-0.2, -0.15) is 0 Å². The number of ether oxygens (including phenoxy) is 2. The summed E-state index contributed by atoms with van der Waals surface area (Å²) in [5, 5.41) is 2.83. The van der Waals surface area contributed by atoms with Gasteiger partial charge in [0.05, 0.1) is 18.4 Å². The molecule has 0 radical (unpaired) electrons. The smallest absolute Gasteiger partial charge is 0.221 e. The van der Waals surface area contributed by atoms with Crippen molar-refractivity contribution in [3.8, 4) is 22.6 Å². The van der Waals surface area contributed by atoms with E-state index >= 15 is 0 Å². The van der Waals surface area contributed by atoms with Crippen LogP contribution in [0.1, 0.15) is 56.9 Å². The third-order valence-electron chi connectivity index (χ3n) is 6.58. The molecule has 2 heterocycles. The number of hydrogen-bond donors (Lipinski definition) is 1. The lowest BCUT2D eigenvalue weighted by atomic mass is 9.80. The normalized spacial score (nSPS) is 17.0. The van der Waals surface area contributed by atoms with Gasteiger partial charge in [-0.25, -0.2) is 0 Å². The Labute approximate surface area is 207 Å². The number of carbonyl (C=O) groups excluding carboxylic acids is 1. The highest BCUT2D eigenvalue weighted by molar-refractivity contribution is 6.16. The average Bonchev–Trinajstić information content (AvgIpc) is 3.12. The van der Waals surface area contributed by atoms with Crippen molar-refractivity contribution in [1.29, 1.82) is 0 Å². The lowest BCUT2D eigenvalue weighted by Crippen LogP contribution is -2.30. The number of aliphatic imine (C=N–C) groups is 1. The van der Waals surface area contributed by atoms with E-state index in [4.69, 9.17) is 14.5 Å². The van der Waals surface area contributed by atoms with Crippen LogP contribution in [0.5, 0.6) is 11.5 Å². The fourth-order valence-corrected chi connectivity index (χ4v) is 5.23. The van der Waals surface area contributed by atoms with E-state index in [0.29, 0.717) is 0 Å². The minimum Gasteiger partial charge on any atom is -0.493 e. The largest absolute Gasteiger partial charge is 0.493 e. The summed E-state index contributed by atoms with van der Waals surface area (Å²) in [4.78, 5) is 16.6. The molecule has 0 unspecified atom stereocenters. The van der Waals surface area contributed by atoms with Crippen LogP contribution < -0.4 is 14.8 Å². The molecule has 0 aliphatic carbocycles. The van der Waals surface area contributed by atoms with E-state index < -0.39 is 0 Å². The summed E-state index contributed by atoms with van der Waals surface area (Å²) in [7, 11) is 1.71. The predicted octanol–water partition coefficient (Wildman–Crippen LogP) is 6.21. The lowest BCUT2D eigenvalue weighted by molar-refractivity contribution is -0.114. The summed E-state index contributed by atoms with van der Waals surface area (Å²) in [6.07, 6.45) is 1.66. The van der Waals surface area contributed by atoms with Crippen LogP contribution in [0, 0.1) is 0 Å².